The monoisotopic (exact) mass is 295 g/mol. The lowest BCUT2D eigenvalue weighted by Gasteiger charge is -2.22. The fourth-order valence-corrected chi connectivity index (χ4v) is 1.47. The van der Waals surface area contributed by atoms with Gasteiger partial charge >= 0.3 is 11.9 Å². The van der Waals surface area contributed by atoms with Crippen LogP contribution in [-0.4, -0.2) is 23.6 Å². The van der Waals surface area contributed by atoms with Crippen molar-refractivity contribution in [1.29, 1.82) is 0 Å². The Hall–Kier alpha value is -1.40. The zero-order chi connectivity index (χ0) is 13.9. The molecule has 4 nitrogen and oxygen atoms in total. The largest absolute Gasteiger partial charge is 0.508 e. The van der Waals surface area contributed by atoms with Crippen molar-refractivity contribution in [2.24, 2.45) is 5.73 Å². The molecule has 0 fully saturated rings. The van der Waals surface area contributed by atoms with E-state index in [1.54, 1.807) is 6.92 Å². The third kappa shape index (κ3) is 3.78. The second-order valence-corrected chi connectivity index (χ2v) is 3.88. The SMILES string of the molecule is CCOC(=O)C(F)(F)[C@H](N)c1ccc(C)cc1O.Cl. The average molecular weight is 296 g/mol. The van der Waals surface area contributed by atoms with Crippen molar-refractivity contribution in [3.8, 4) is 5.75 Å². The number of phenols is 1. The topological polar surface area (TPSA) is 72.5 Å². The molecule has 108 valence electrons. The molecule has 0 saturated carbocycles. The van der Waals surface area contributed by atoms with Crippen molar-refractivity contribution in [3.63, 3.8) is 0 Å². The number of aromatic hydroxyl groups is 1. The van der Waals surface area contributed by atoms with Gasteiger partial charge in [0.25, 0.3) is 0 Å². The summed E-state index contributed by atoms with van der Waals surface area (Å²) >= 11 is 0. The molecule has 1 aromatic rings. The molecule has 0 unspecified atom stereocenters. The van der Waals surface area contributed by atoms with E-state index in [1.807, 2.05) is 0 Å². The smallest absolute Gasteiger partial charge is 0.379 e. The Morgan fingerprint density at radius 1 is 1.53 bits per heavy atom. The number of hydrogen-bond donors (Lipinski definition) is 2. The first-order valence-corrected chi connectivity index (χ1v) is 5.40. The molecule has 0 aliphatic rings. The second kappa shape index (κ2) is 6.68. The molecular weight excluding hydrogens is 280 g/mol. The molecular formula is C12H16ClF2NO3. The van der Waals surface area contributed by atoms with Crippen LogP contribution >= 0.6 is 12.4 Å². The van der Waals surface area contributed by atoms with Crippen LogP contribution in [0.3, 0.4) is 0 Å². The molecule has 0 heterocycles. The molecule has 0 saturated heterocycles. The Labute approximate surface area is 116 Å². The van der Waals surface area contributed by atoms with Crippen LogP contribution in [0.4, 0.5) is 8.78 Å². The van der Waals surface area contributed by atoms with Gasteiger partial charge in [0.05, 0.1) is 6.61 Å². The van der Waals surface area contributed by atoms with E-state index in [9.17, 15) is 18.7 Å². The molecule has 19 heavy (non-hydrogen) atoms. The number of ether oxygens (including phenoxy) is 1. The minimum Gasteiger partial charge on any atom is -0.508 e. The van der Waals surface area contributed by atoms with Crippen LogP contribution in [0, 0.1) is 6.92 Å². The Kier molecular flexibility index (Phi) is 6.18. The highest BCUT2D eigenvalue weighted by molar-refractivity contribution is 5.85. The number of nitrogens with two attached hydrogens (primary N) is 1. The van der Waals surface area contributed by atoms with Crippen molar-refractivity contribution in [1.82, 2.24) is 0 Å². The quantitative estimate of drug-likeness (QED) is 0.836. The summed E-state index contributed by atoms with van der Waals surface area (Å²) in [6.45, 7) is 2.95. The van der Waals surface area contributed by atoms with Crippen molar-refractivity contribution in [2.45, 2.75) is 25.8 Å². The summed E-state index contributed by atoms with van der Waals surface area (Å²) < 4.78 is 31.6. The number of benzene rings is 1. The first-order chi connectivity index (χ1) is 8.30. The Morgan fingerprint density at radius 3 is 2.58 bits per heavy atom. The van der Waals surface area contributed by atoms with Crippen LogP contribution in [0.25, 0.3) is 0 Å². The lowest BCUT2D eigenvalue weighted by Crippen LogP contribution is -2.41. The molecule has 0 spiro atoms. The molecule has 3 N–H and O–H groups in total. The van der Waals surface area contributed by atoms with Crippen LogP contribution < -0.4 is 5.73 Å². The lowest BCUT2D eigenvalue weighted by molar-refractivity contribution is -0.174. The summed E-state index contributed by atoms with van der Waals surface area (Å²) in [5, 5.41) is 9.57. The number of rotatable bonds is 4. The summed E-state index contributed by atoms with van der Waals surface area (Å²) in [5.74, 6) is -5.95. The fraction of sp³-hybridized carbons (Fsp3) is 0.417. The van der Waals surface area contributed by atoms with Gasteiger partial charge in [0.15, 0.2) is 0 Å². The van der Waals surface area contributed by atoms with E-state index in [1.165, 1.54) is 25.1 Å². The van der Waals surface area contributed by atoms with Crippen molar-refractivity contribution in [2.75, 3.05) is 6.61 Å². The van der Waals surface area contributed by atoms with E-state index < -0.39 is 17.9 Å². The Balaban J connectivity index is 0.00000324. The van der Waals surface area contributed by atoms with Gasteiger partial charge in [0.1, 0.15) is 11.8 Å². The van der Waals surface area contributed by atoms with Gasteiger partial charge in [0.2, 0.25) is 0 Å². The Morgan fingerprint density at radius 2 is 2.11 bits per heavy atom. The first-order valence-electron chi connectivity index (χ1n) is 5.40. The second-order valence-electron chi connectivity index (χ2n) is 3.88. The van der Waals surface area contributed by atoms with Gasteiger partial charge in [-0.1, -0.05) is 12.1 Å². The number of hydrogen-bond acceptors (Lipinski definition) is 4. The minimum atomic E-state index is -3.89. The summed E-state index contributed by atoms with van der Waals surface area (Å²) in [4.78, 5) is 11.1. The van der Waals surface area contributed by atoms with Gasteiger partial charge in [-0.25, -0.2) is 4.79 Å². The molecule has 0 amide bonds. The molecule has 0 radical (unpaired) electrons. The number of halogens is 3. The van der Waals surface area contributed by atoms with Gasteiger partial charge in [-0.15, -0.1) is 12.4 Å². The molecule has 1 aromatic carbocycles. The number of alkyl halides is 2. The Bertz CT molecular complexity index is 455. The van der Waals surface area contributed by atoms with Crippen molar-refractivity contribution >= 4 is 18.4 Å². The third-order valence-electron chi connectivity index (χ3n) is 2.46. The minimum absolute atomic E-state index is 0. The zero-order valence-corrected chi connectivity index (χ0v) is 11.3. The summed E-state index contributed by atoms with van der Waals surface area (Å²) in [6.07, 6.45) is 0. The van der Waals surface area contributed by atoms with E-state index in [2.05, 4.69) is 4.74 Å². The normalized spacial score (nSPS) is 12.5. The van der Waals surface area contributed by atoms with Crippen molar-refractivity contribution < 1.29 is 23.4 Å². The number of phenolic OH excluding ortho intramolecular Hbond substituents is 1. The molecule has 1 atom stereocenters. The summed E-state index contributed by atoms with van der Waals surface area (Å²) in [7, 11) is 0. The predicted molar refractivity (Wildman–Crippen MR) is 68.6 cm³/mol. The zero-order valence-electron chi connectivity index (χ0n) is 10.5. The van der Waals surface area contributed by atoms with Crippen LogP contribution in [0.15, 0.2) is 18.2 Å². The third-order valence-corrected chi connectivity index (χ3v) is 2.46. The van der Waals surface area contributed by atoms with Crippen LogP contribution in [0.2, 0.25) is 0 Å². The van der Waals surface area contributed by atoms with Gasteiger partial charge in [-0.2, -0.15) is 8.78 Å². The lowest BCUT2D eigenvalue weighted by atomic mass is 9.99. The molecule has 0 aromatic heterocycles. The van der Waals surface area contributed by atoms with E-state index in [0.717, 1.165) is 0 Å². The maximum atomic E-state index is 13.7. The molecule has 0 bridgehead atoms. The number of aryl methyl sites for hydroxylation is 1. The number of esters is 1. The number of carbonyl (C=O) groups is 1. The van der Waals surface area contributed by atoms with E-state index in [4.69, 9.17) is 5.73 Å². The molecule has 1 rings (SSSR count). The highest BCUT2D eigenvalue weighted by atomic mass is 35.5. The van der Waals surface area contributed by atoms with Crippen LogP contribution in [-0.2, 0) is 9.53 Å². The maximum Gasteiger partial charge on any atom is 0.379 e. The summed E-state index contributed by atoms with van der Waals surface area (Å²) in [5.41, 5.74) is 5.85. The molecule has 0 aliphatic heterocycles. The highest BCUT2D eigenvalue weighted by Crippen LogP contribution is 2.35. The molecule has 0 aliphatic carbocycles. The predicted octanol–water partition coefficient (Wildman–Crippen LogP) is 2.32. The van der Waals surface area contributed by atoms with E-state index >= 15 is 0 Å². The standard InChI is InChI=1S/C12H15F2NO3.ClH/c1-3-18-11(17)12(13,14)10(15)8-5-4-7(2)6-9(8)16;/h4-6,10,16H,3,15H2,1-2H3;1H/t10-;/m1./s1. The van der Waals surface area contributed by atoms with Gasteiger partial charge < -0.3 is 15.6 Å². The van der Waals surface area contributed by atoms with Crippen molar-refractivity contribution in [3.05, 3.63) is 29.3 Å². The first kappa shape index (κ1) is 17.6. The van der Waals surface area contributed by atoms with Gasteiger partial charge in [-0.3, -0.25) is 0 Å². The van der Waals surface area contributed by atoms with Gasteiger partial charge in [-0.05, 0) is 25.5 Å². The van der Waals surface area contributed by atoms with E-state index in [-0.39, 0.29) is 30.3 Å². The summed E-state index contributed by atoms with van der Waals surface area (Å²) in [6, 6.07) is 2.15. The van der Waals surface area contributed by atoms with Crippen LogP contribution in [0.1, 0.15) is 24.1 Å². The van der Waals surface area contributed by atoms with Crippen LogP contribution in [0.5, 0.6) is 5.75 Å². The van der Waals surface area contributed by atoms with E-state index in [0.29, 0.717) is 5.56 Å². The maximum absolute atomic E-state index is 13.7. The average Bonchev–Trinajstić information content (AvgIpc) is 2.28. The number of carbonyl (C=O) groups excluding carboxylic acids is 1. The molecule has 7 heteroatoms. The fourth-order valence-electron chi connectivity index (χ4n) is 1.47. The van der Waals surface area contributed by atoms with Gasteiger partial charge in [0, 0.05) is 5.56 Å². The highest BCUT2D eigenvalue weighted by Gasteiger charge is 2.48.